The van der Waals surface area contributed by atoms with Crippen molar-refractivity contribution in [1.29, 1.82) is 0 Å². The average molecular weight is 216 g/mol. The van der Waals surface area contributed by atoms with Crippen molar-refractivity contribution in [3.05, 3.63) is 0 Å². The van der Waals surface area contributed by atoms with Crippen molar-refractivity contribution >= 4 is 11.8 Å². The molecule has 0 aliphatic carbocycles. The largest absolute Gasteiger partial charge is 0.375 e. The Balaban J connectivity index is 3.18. The lowest BCUT2D eigenvalue weighted by Gasteiger charge is -2.05. The van der Waals surface area contributed by atoms with Gasteiger partial charge in [0.05, 0.1) is 0 Å². The quantitative estimate of drug-likeness (QED) is 0.564. The number of rotatable bonds is 8. The van der Waals surface area contributed by atoms with Gasteiger partial charge in [-0.1, -0.05) is 6.92 Å². The maximum atomic E-state index is 10.9. The first-order chi connectivity index (χ1) is 7.20. The van der Waals surface area contributed by atoms with Crippen molar-refractivity contribution < 1.29 is 14.3 Å². The lowest BCUT2D eigenvalue weighted by molar-refractivity contribution is -0.124. The molecular weight excluding hydrogens is 196 g/mol. The number of ether oxygens (including phenoxy) is 1. The third-order valence-corrected chi connectivity index (χ3v) is 1.84. The van der Waals surface area contributed by atoms with Gasteiger partial charge in [0.1, 0.15) is 6.61 Å². The molecule has 0 heterocycles. The number of unbranched alkanes of at least 4 members (excludes halogenated alkanes) is 1. The molecule has 2 N–H and O–H groups in total. The number of carbonyl (C=O) groups is 2. The molecule has 0 rings (SSSR count). The summed E-state index contributed by atoms with van der Waals surface area (Å²) < 4.78 is 4.66. The number of hydrogen-bond donors (Lipinski definition) is 2. The molecule has 0 radical (unpaired) electrons. The van der Waals surface area contributed by atoms with Crippen LogP contribution >= 0.6 is 0 Å². The van der Waals surface area contributed by atoms with Crippen molar-refractivity contribution in [1.82, 2.24) is 10.6 Å². The van der Waals surface area contributed by atoms with Crippen LogP contribution < -0.4 is 10.6 Å². The molecule has 88 valence electrons. The van der Waals surface area contributed by atoms with E-state index in [0.717, 1.165) is 12.8 Å². The van der Waals surface area contributed by atoms with E-state index < -0.39 is 0 Å². The van der Waals surface area contributed by atoms with Crippen LogP contribution in [-0.4, -0.2) is 38.6 Å². The van der Waals surface area contributed by atoms with Gasteiger partial charge in [-0.3, -0.25) is 9.59 Å². The van der Waals surface area contributed by atoms with Crippen LogP contribution in [0.15, 0.2) is 0 Å². The molecule has 0 aliphatic rings. The number of hydrogen-bond acceptors (Lipinski definition) is 3. The van der Waals surface area contributed by atoms with Crippen LogP contribution in [0, 0.1) is 0 Å². The van der Waals surface area contributed by atoms with Crippen molar-refractivity contribution in [2.75, 3.05) is 26.8 Å². The molecule has 5 nitrogen and oxygen atoms in total. The average Bonchev–Trinajstić information content (AvgIpc) is 2.23. The Hall–Kier alpha value is -1.10. The van der Waals surface area contributed by atoms with Gasteiger partial charge in [-0.2, -0.15) is 0 Å². The van der Waals surface area contributed by atoms with Crippen LogP contribution in [-0.2, 0) is 14.3 Å². The van der Waals surface area contributed by atoms with Crippen LogP contribution in [0.2, 0.25) is 0 Å². The third kappa shape index (κ3) is 9.21. The predicted octanol–water partition coefficient (Wildman–Crippen LogP) is 0.0554. The fourth-order valence-corrected chi connectivity index (χ4v) is 1.01. The van der Waals surface area contributed by atoms with Crippen LogP contribution in [0.3, 0.4) is 0 Å². The van der Waals surface area contributed by atoms with E-state index in [1.54, 1.807) is 0 Å². The molecule has 0 aromatic heterocycles. The van der Waals surface area contributed by atoms with Gasteiger partial charge in [0.15, 0.2) is 0 Å². The van der Waals surface area contributed by atoms with Gasteiger partial charge in [-0.05, 0) is 12.8 Å². The highest BCUT2D eigenvalue weighted by Gasteiger charge is 1.98. The third-order valence-electron chi connectivity index (χ3n) is 1.84. The topological polar surface area (TPSA) is 67.4 Å². The first kappa shape index (κ1) is 13.9. The van der Waals surface area contributed by atoms with E-state index in [1.165, 1.54) is 7.11 Å². The van der Waals surface area contributed by atoms with Crippen molar-refractivity contribution in [3.63, 3.8) is 0 Å². The van der Waals surface area contributed by atoms with E-state index in [0.29, 0.717) is 19.5 Å². The van der Waals surface area contributed by atoms with Gasteiger partial charge >= 0.3 is 0 Å². The van der Waals surface area contributed by atoms with Crippen LogP contribution in [0.4, 0.5) is 0 Å². The summed E-state index contributed by atoms with van der Waals surface area (Å²) >= 11 is 0. The molecular formula is C10H20N2O3. The molecule has 0 aromatic rings. The maximum Gasteiger partial charge on any atom is 0.245 e. The molecule has 0 fully saturated rings. The minimum Gasteiger partial charge on any atom is -0.375 e. The summed E-state index contributed by atoms with van der Waals surface area (Å²) in [5, 5.41) is 5.48. The van der Waals surface area contributed by atoms with E-state index in [2.05, 4.69) is 15.4 Å². The van der Waals surface area contributed by atoms with Crippen molar-refractivity contribution in [2.45, 2.75) is 26.2 Å². The van der Waals surface area contributed by atoms with Gasteiger partial charge in [0, 0.05) is 26.6 Å². The van der Waals surface area contributed by atoms with Crippen LogP contribution in [0.1, 0.15) is 26.2 Å². The number of methoxy groups -OCH3 is 1. The second-order valence-corrected chi connectivity index (χ2v) is 3.19. The lowest BCUT2D eigenvalue weighted by Crippen LogP contribution is -2.29. The van der Waals surface area contributed by atoms with Gasteiger partial charge in [0.2, 0.25) is 11.8 Å². The molecule has 0 bridgehead atoms. The Labute approximate surface area is 90.6 Å². The Morgan fingerprint density at radius 2 is 1.60 bits per heavy atom. The molecule has 0 aromatic carbocycles. The normalized spacial score (nSPS) is 9.73. The Morgan fingerprint density at radius 3 is 2.07 bits per heavy atom. The first-order valence-corrected chi connectivity index (χ1v) is 5.23. The molecule has 0 spiro atoms. The van der Waals surface area contributed by atoms with Gasteiger partial charge in [-0.25, -0.2) is 0 Å². The van der Waals surface area contributed by atoms with E-state index in [9.17, 15) is 9.59 Å². The smallest absolute Gasteiger partial charge is 0.245 e. The second kappa shape index (κ2) is 9.45. The number of nitrogens with one attached hydrogen (secondary N) is 2. The predicted molar refractivity (Wildman–Crippen MR) is 57.4 cm³/mol. The zero-order valence-electron chi connectivity index (χ0n) is 9.47. The fraction of sp³-hybridized carbons (Fsp3) is 0.800. The van der Waals surface area contributed by atoms with Crippen LogP contribution in [0.25, 0.3) is 0 Å². The summed E-state index contributed by atoms with van der Waals surface area (Å²) in [6.07, 6.45) is 2.25. The van der Waals surface area contributed by atoms with E-state index in [1.807, 2.05) is 6.92 Å². The lowest BCUT2D eigenvalue weighted by atomic mass is 10.3. The molecule has 15 heavy (non-hydrogen) atoms. The molecule has 0 saturated heterocycles. The SMILES string of the molecule is CCC(=O)NCCCCNC(=O)COC. The molecule has 0 unspecified atom stereocenters. The highest BCUT2D eigenvalue weighted by atomic mass is 16.5. The van der Waals surface area contributed by atoms with Crippen molar-refractivity contribution in [3.8, 4) is 0 Å². The standard InChI is InChI=1S/C10H20N2O3/c1-3-9(13)11-6-4-5-7-12-10(14)8-15-2/h3-8H2,1-2H3,(H,11,13)(H,12,14). The summed E-state index contributed by atoms with van der Waals surface area (Å²) in [6, 6.07) is 0. The van der Waals surface area contributed by atoms with Gasteiger partial charge < -0.3 is 15.4 Å². The second-order valence-electron chi connectivity index (χ2n) is 3.19. The van der Waals surface area contributed by atoms with E-state index in [4.69, 9.17) is 0 Å². The number of amides is 2. The van der Waals surface area contributed by atoms with E-state index in [-0.39, 0.29) is 18.4 Å². The monoisotopic (exact) mass is 216 g/mol. The Bertz CT molecular complexity index is 195. The Kier molecular flexibility index (Phi) is 8.76. The Morgan fingerprint density at radius 1 is 1.07 bits per heavy atom. The molecule has 0 saturated carbocycles. The zero-order chi connectivity index (χ0) is 11.5. The van der Waals surface area contributed by atoms with Crippen molar-refractivity contribution in [2.24, 2.45) is 0 Å². The highest BCUT2D eigenvalue weighted by molar-refractivity contribution is 5.77. The summed E-state index contributed by atoms with van der Waals surface area (Å²) in [5.41, 5.74) is 0. The summed E-state index contributed by atoms with van der Waals surface area (Å²) in [7, 11) is 1.49. The maximum absolute atomic E-state index is 10.9. The minimum atomic E-state index is -0.102. The van der Waals surface area contributed by atoms with Crippen LogP contribution in [0.5, 0.6) is 0 Å². The molecule has 5 heteroatoms. The molecule has 2 amide bonds. The summed E-state index contributed by atoms with van der Waals surface area (Å²) in [6.45, 7) is 3.23. The molecule has 0 aliphatic heterocycles. The fourth-order valence-electron chi connectivity index (χ4n) is 1.01. The zero-order valence-corrected chi connectivity index (χ0v) is 9.47. The number of carbonyl (C=O) groups excluding carboxylic acids is 2. The van der Waals surface area contributed by atoms with Gasteiger partial charge in [0.25, 0.3) is 0 Å². The van der Waals surface area contributed by atoms with E-state index >= 15 is 0 Å². The minimum absolute atomic E-state index is 0.0680. The summed E-state index contributed by atoms with van der Waals surface area (Å²) in [4.78, 5) is 21.8. The van der Waals surface area contributed by atoms with Gasteiger partial charge in [-0.15, -0.1) is 0 Å². The summed E-state index contributed by atoms with van der Waals surface area (Å²) in [5.74, 6) is -0.0338. The highest BCUT2D eigenvalue weighted by Crippen LogP contribution is 1.85. The first-order valence-electron chi connectivity index (χ1n) is 5.23. The molecule has 0 atom stereocenters.